The Kier molecular flexibility index (Phi) is 12.8. The van der Waals surface area contributed by atoms with Gasteiger partial charge in [-0.15, -0.1) is 0 Å². The van der Waals surface area contributed by atoms with Gasteiger partial charge in [0.05, 0.1) is 26.4 Å². The largest absolute Gasteiger partial charge is 0.394 e. The molecule has 0 saturated carbocycles. The van der Waals surface area contributed by atoms with Gasteiger partial charge < -0.3 is 105 Å². The van der Waals surface area contributed by atoms with Gasteiger partial charge in [0.15, 0.2) is 25.2 Å². The summed E-state index contributed by atoms with van der Waals surface area (Å²) in [5.41, 5.74) is 0. The fourth-order valence-electron chi connectivity index (χ4n) is 5.23. The van der Waals surface area contributed by atoms with E-state index in [1.807, 2.05) is 0 Å². The molecule has 264 valence electrons. The lowest BCUT2D eigenvalue weighted by atomic mass is 9.98. The molecule has 20 atom stereocenters. The zero-order chi connectivity index (χ0) is 33.3. The summed E-state index contributed by atoms with van der Waals surface area (Å²) in [6.45, 7) is -2.67. The van der Waals surface area contributed by atoms with Crippen LogP contribution in [0.25, 0.3) is 0 Å². The first-order valence-electron chi connectivity index (χ1n) is 14.1. The molecule has 45 heavy (non-hydrogen) atoms. The molecular weight excluding hydrogens is 624 g/mol. The summed E-state index contributed by atoms with van der Waals surface area (Å²) < 4.78 is 37.2. The third-order valence-corrected chi connectivity index (χ3v) is 8.15. The van der Waals surface area contributed by atoms with E-state index in [9.17, 15) is 71.5 Å². The molecule has 0 bridgehead atoms. The molecule has 4 fully saturated rings. The molecule has 4 aliphatic heterocycles. The smallest absolute Gasteiger partial charge is 0.186 e. The van der Waals surface area contributed by atoms with Crippen LogP contribution in [0.2, 0.25) is 0 Å². The fraction of sp³-hybridized carbons (Fsp3) is 1.00. The van der Waals surface area contributed by atoms with Crippen LogP contribution < -0.4 is 0 Å². The predicted molar refractivity (Wildman–Crippen MR) is 134 cm³/mol. The molecule has 4 rings (SSSR count). The van der Waals surface area contributed by atoms with E-state index in [0.717, 1.165) is 0 Å². The average molecular weight is 667 g/mol. The van der Waals surface area contributed by atoms with Gasteiger partial charge in [0.1, 0.15) is 97.7 Å². The summed E-state index contributed by atoms with van der Waals surface area (Å²) in [4.78, 5) is 0. The second-order valence-corrected chi connectivity index (χ2v) is 11.3. The Bertz CT molecular complexity index is 916. The zero-order valence-electron chi connectivity index (χ0n) is 23.5. The van der Waals surface area contributed by atoms with Crippen LogP contribution in [0.5, 0.6) is 0 Å². The number of aliphatic hydroxyl groups is 14. The highest BCUT2D eigenvalue weighted by atomic mass is 16.7. The molecule has 0 amide bonds. The minimum Gasteiger partial charge on any atom is -0.394 e. The summed E-state index contributed by atoms with van der Waals surface area (Å²) in [6.07, 6.45) is -34.1. The van der Waals surface area contributed by atoms with E-state index in [1.54, 1.807) is 0 Å². The van der Waals surface area contributed by atoms with Crippen molar-refractivity contribution >= 4 is 0 Å². The fourth-order valence-corrected chi connectivity index (χ4v) is 5.23. The van der Waals surface area contributed by atoms with Crippen molar-refractivity contribution in [2.24, 2.45) is 0 Å². The Morgan fingerprint density at radius 1 is 0.333 bits per heavy atom. The van der Waals surface area contributed by atoms with Gasteiger partial charge in [0, 0.05) is 0 Å². The normalized spacial score (nSPS) is 52.9. The Balaban J connectivity index is 1.33. The van der Waals surface area contributed by atoms with Gasteiger partial charge in [-0.1, -0.05) is 0 Å². The summed E-state index contributed by atoms with van der Waals surface area (Å²) in [7, 11) is 0. The molecule has 0 aromatic carbocycles. The number of aliphatic hydroxyl groups excluding tert-OH is 14. The second-order valence-electron chi connectivity index (χ2n) is 11.3. The van der Waals surface area contributed by atoms with Gasteiger partial charge in [-0.25, -0.2) is 0 Å². The Hall–Kier alpha value is -0.840. The van der Waals surface area contributed by atoms with E-state index in [1.165, 1.54) is 0 Å². The molecule has 4 saturated heterocycles. The topological polar surface area (TPSA) is 348 Å². The van der Waals surface area contributed by atoms with Crippen LogP contribution in [0.1, 0.15) is 0 Å². The first-order valence-corrected chi connectivity index (χ1v) is 14.1. The summed E-state index contributed by atoms with van der Waals surface area (Å²) in [5.74, 6) is 0. The monoisotopic (exact) mass is 666 g/mol. The molecule has 21 heteroatoms. The summed E-state index contributed by atoms with van der Waals surface area (Å²) in [6, 6.07) is 0. The van der Waals surface area contributed by atoms with Crippen LogP contribution >= 0.6 is 0 Å². The molecule has 0 aromatic heterocycles. The van der Waals surface area contributed by atoms with E-state index in [0.29, 0.717) is 0 Å². The number of ether oxygens (including phenoxy) is 7. The molecule has 4 aliphatic rings. The Morgan fingerprint density at radius 2 is 0.622 bits per heavy atom. The van der Waals surface area contributed by atoms with Crippen molar-refractivity contribution in [1.29, 1.82) is 0 Å². The minimum absolute atomic E-state index is 0.633. The number of hydrogen-bond acceptors (Lipinski definition) is 21. The predicted octanol–water partition coefficient (Wildman–Crippen LogP) is -9.75. The number of hydrogen-bond donors (Lipinski definition) is 14. The first-order chi connectivity index (χ1) is 21.2. The Labute approximate surface area is 254 Å². The van der Waals surface area contributed by atoms with Crippen molar-refractivity contribution in [2.75, 3.05) is 26.4 Å². The summed E-state index contributed by atoms with van der Waals surface area (Å²) in [5, 5.41) is 141. The van der Waals surface area contributed by atoms with E-state index >= 15 is 0 Å². The van der Waals surface area contributed by atoms with Gasteiger partial charge in [0.25, 0.3) is 0 Å². The van der Waals surface area contributed by atoms with Crippen LogP contribution in [0.3, 0.4) is 0 Å². The van der Waals surface area contributed by atoms with E-state index in [2.05, 4.69) is 0 Å². The van der Waals surface area contributed by atoms with Crippen molar-refractivity contribution in [3.05, 3.63) is 0 Å². The maximum Gasteiger partial charge on any atom is 0.186 e. The van der Waals surface area contributed by atoms with Crippen molar-refractivity contribution in [3.63, 3.8) is 0 Å². The SMILES string of the molecule is OC[C@H]1O[C@@H](OC[C@H]2O[C@@H](OC[C@H]3O[C@@H](OC[C@H]4OC(O)[C@@H](O)[C@@H](O)[C@@H]4O)[C@H](O)[C@@H](O)[C@@H]3O)[C@H](O)[C@@H](O)[C@@H]2O)[C@H](O)[C@@H](O)[C@@H]1O. The lowest BCUT2D eigenvalue weighted by Crippen LogP contribution is -2.63. The van der Waals surface area contributed by atoms with Gasteiger partial charge in [0.2, 0.25) is 0 Å². The van der Waals surface area contributed by atoms with Gasteiger partial charge >= 0.3 is 0 Å². The molecular formula is C24H42O21. The number of rotatable bonds is 10. The molecule has 1 unspecified atom stereocenters. The Morgan fingerprint density at radius 3 is 0.978 bits per heavy atom. The quantitative estimate of drug-likeness (QED) is 0.103. The highest BCUT2D eigenvalue weighted by Crippen LogP contribution is 2.29. The standard InChI is InChI=1S/C24H42O21/c25-1-5-9(26)14(31)18(35)22(43-5)40-3-7-11(28)16(33)20(37)24(45-7)41-4-8-12(29)15(32)19(36)23(44-8)39-2-6-10(27)13(30)17(34)21(38)42-6/h5-38H,1-4H2/t5-,6-,7-,8-,9-,10-,11-,12-,13+,14+,15+,16+,17+,18-,19-,20-,21?,22-,23-,24-/m1/s1. The van der Waals surface area contributed by atoms with E-state index in [-0.39, 0.29) is 0 Å². The lowest BCUT2D eigenvalue weighted by Gasteiger charge is -2.44. The molecule has 14 N–H and O–H groups in total. The third-order valence-electron chi connectivity index (χ3n) is 8.15. The van der Waals surface area contributed by atoms with Crippen LogP contribution in [-0.2, 0) is 33.2 Å². The average Bonchev–Trinajstić information content (AvgIpc) is 3.02. The van der Waals surface area contributed by atoms with Crippen molar-refractivity contribution in [1.82, 2.24) is 0 Å². The second kappa shape index (κ2) is 15.6. The maximum atomic E-state index is 10.4. The van der Waals surface area contributed by atoms with Crippen molar-refractivity contribution in [2.45, 2.75) is 123 Å². The molecule has 0 aliphatic carbocycles. The van der Waals surface area contributed by atoms with Crippen LogP contribution in [-0.4, -0.2) is 221 Å². The minimum atomic E-state index is -1.88. The van der Waals surface area contributed by atoms with Crippen LogP contribution in [0, 0.1) is 0 Å². The molecule has 21 nitrogen and oxygen atoms in total. The molecule has 0 radical (unpaired) electrons. The first kappa shape index (κ1) is 37.0. The van der Waals surface area contributed by atoms with E-state index < -0.39 is 149 Å². The van der Waals surface area contributed by atoms with E-state index in [4.69, 9.17) is 33.2 Å². The van der Waals surface area contributed by atoms with Gasteiger partial charge in [-0.3, -0.25) is 0 Å². The van der Waals surface area contributed by atoms with Gasteiger partial charge in [-0.05, 0) is 0 Å². The van der Waals surface area contributed by atoms with Crippen molar-refractivity contribution < 1.29 is 105 Å². The molecule has 0 aromatic rings. The lowest BCUT2D eigenvalue weighted by molar-refractivity contribution is -0.346. The summed E-state index contributed by atoms with van der Waals surface area (Å²) >= 11 is 0. The van der Waals surface area contributed by atoms with Crippen LogP contribution in [0.4, 0.5) is 0 Å². The highest BCUT2D eigenvalue weighted by molar-refractivity contribution is 4.94. The molecule has 0 spiro atoms. The van der Waals surface area contributed by atoms with Gasteiger partial charge in [-0.2, -0.15) is 0 Å². The molecule has 4 heterocycles. The third kappa shape index (κ3) is 7.91. The zero-order valence-corrected chi connectivity index (χ0v) is 23.5. The van der Waals surface area contributed by atoms with Crippen LogP contribution in [0.15, 0.2) is 0 Å². The maximum absolute atomic E-state index is 10.4. The highest BCUT2D eigenvalue weighted by Gasteiger charge is 2.50. The van der Waals surface area contributed by atoms with Crippen molar-refractivity contribution in [3.8, 4) is 0 Å².